The second kappa shape index (κ2) is 9.79. The van der Waals surface area contributed by atoms with Crippen molar-refractivity contribution in [3.8, 4) is 0 Å². The minimum atomic E-state index is 0.117. The maximum absolute atomic E-state index is 5.69. The maximum Gasteiger partial charge on any atom is 0.0933 e. The van der Waals surface area contributed by atoms with Crippen LogP contribution in [0.15, 0.2) is 0 Å². The largest absolute Gasteiger partial charge is 0.382 e. The van der Waals surface area contributed by atoms with E-state index in [-0.39, 0.29) is 6.10 Å². The van der Waals surface area contributed by atoms with Crippen molar-refractivity contribution in [3.05, 3.63) is 0 Å². The Morgan fingerprint density at radius 2 is 1.82 bits per heavy atom. The van der Waals surface area contributed by atoms with Gasteiger partial charge >= 0.3 is 0 Å². The lowest BCUT2D eigenvalue weighted by Crippen LogP contribution is -2.34. The van der Waals surface area contributed by atoms with Crippen LogP contribution in [0.5, 0.6) is 0 Å². The molecule has 1 atom stereocenters. The van der Waals surface area contributed by atoms with Crippen molar-refractivity contribution < 1.29 is 18.9 Å². The third kappa shape index (κ3) is 8.51. The van der Waals surface area contributed by atoms with E-state index >= 15 is 0 Å². The van der Waals surface area contributed by atoms with Crippen LogP contribution in [0.4, 0.5) is 0 Å². The van der Waals surface area contributed by atoms with Crippen molar-refractivity contribution in [1.29, 1.82) is 0 Å². The number of methoxy groups -OCH3 is 2. The molecule has 17 heavy (non-hydrogen) atoms. The van der Waals surface area contributed by atoms with Gasteiger partial charge in [-0.25, -0.2) is 0 Å². The molecule has 0 heterocycles. The number of ether oxygens (including phenoxy) is 4. The molecule has 1 rings (SSSR count). The van der Waals surface area contributed by atoms with Crippen molar-refractivity contribution >= 4 is 0 Å². The van der Waals surface area contributed by atoms with E-state index in [4.69, 9.17) is 18.9 Å². The minimum absolute atomic E-state index is 0.117. The number of rotatable bonds is 12. The quantitative estimate of drug-likeness (QED) is 0.507. The summed E-state index contributed by atoms with van der Waals surface area (Å²) in [5.74, 6) is 0. The molecule has 0 aliphatic heterocycles. The van der Waals surface area contributed by atoms with Gasteiger partial charge in [-0.1, -0.05) is 0 Å². The van der Waals surface area contributed by atoms with Gasteiger partial charge in [-0.3, -0.25) is 0 Å². The van der Waals surface area contributed by atoms with E-state index in [2.05, 4.69) is 5.32 Å². The summed E-state index contributed by atoms with van der Waals surface area (Å²) < 4.78 is 21.0. The molecular formula is C12H25NO4. The summed E-state index contributed by atoms with van der Waals surface area (Å²) >= 11 is 0. The van der Waals surface area contributed by atoms with Crippen LogP contribution < -0.4 is 5.32 Å². The van der Waals surface area contributed by atoms with E-state index in [1.165, 1.54) is 12.8 Å². The van der Waals surface area contributed by atoms with Crippen molar-refractivity contribution in [2.75, 3.05) is 53.8 Å². The molecule has 0 spiro atoms. The van der Waals surface area contributed by atoms with Crippen LogP contribution in [0.25, 0.3) is 0 Å². The lowest BCUT2D eigenvalue weighted by molar-refractivity contribution is -0.0327. The lowest BCUT2D eigenvalue weighted by atomic mass is 10.3. The first kappa shape index (κ1) is 14.9. The molecule has 1 aliphatic carbocycles. The predicted molar refractivity (Wildman–Crippen MR) is 65.3 cm³/mol. The molecule has 5 heteroatoms. The van der Waals surface area contributed by atoms with Gasteiger partial charge in [-0.15, -0.1) is 0 Å². The summed E-state index contributed by atoms with van der Waals surface area (Å²) in [4.78, 5) is 0. The van der Waals surface area contributed by atoms with Crippen LogP contribution in [0.3, 0.4) is 0 Å². The zero-order chi connectivity index (χ0) is 12.3. The Labute approximate surface area is 104 Å². The highest BCUT2D eigenvalue weighted by Gasteiger charge is 2.22. The van der Waals surface area contributed by atoms with E-state index in [1.54, 1.807) is 14.2 Å². The van der Waals surface area contributed by atoms with Gasteiger partial charge in [0.05, 0.1) is 39.1 Å². The average Bonchev–Trinajstić information content (AvgIpc) is 3.14. The second-order valence-electron chi connectivity index (χ2n) is 4.24. The van der Waals surface area contributed by atoms with Crippen molar-refractivity contribution in [1.82, 2.24) is 5.32 Å². The monoisotopic (exact) mass is 247 g/mol. The van der Waals surface area contributed by atoms with Crippen molar-refractivity contribution in [3.63, 3.8) is 0 Å². The molecule has 1 fully saturated rings. The van der Waals surface area contributed by atoms with Gasteiger partial charge in [0.1, 0.15) is 0 Å². The van der Waals surface area contributed by atoms with Crippen LogP contribution in [-0.4, -0.2) is 65.9 Å². The summed E-state index contributed by atoms with van der Waals surface area (Å²) in [6.07, 6.45) is 2.70. The number of nitrogens with one attached hydrogen (secondary N) is 1. The first-order valence-corrected chi connectivity index (χ1v) is 6.27. The van der Waals surface area contributed by atoms with Crippen LogP contribution in [0.2, 0.25) is 0 Å². The third-order valence-corrected chi connectivity index (χ3v) is 2.58. The molecule has 0 aromatic rings. The van der Waals surface area contributed by atoms with E-state index in [0.29, 0.717) is 39.1 Å². The van der Waals surface area contributed by atoms with Gasteiger partial charge in [-0.05, 0) is 12.8 Å². The Kier molecular flexibility index (Phi) is 8.56. The average molecular weight is 247 g/mol. The Morgan fingerprint density at radius 1 is 1.06 bits per heavy atom. The second-order valence-corrected chi connectivity index (χ2v) is 4.24. The Balaban J connectivity index is 1.94. The zero-order valence-electron chi connectivity index (χ0n) is 10.9. The van der Waals surface area contributed by atoms with Crippen molar-refractivity contribution in [2.24, 2.45) is 0 Å². The molecule has 1 N–H and O–H groups in total. The minimum Gasteiger partial charge on any atom is -0.382 e. The molecular weight excluding hydrogens is 222 g/mol. The molecule has 0 bridgehead atoms. The summed E-state index contributed by atoms with van der Waals surface area (Å²) in [5, 5.41) is 3.44. The van der Waals surface area contributed by atoms with Crippen LogP contribution >= 0.6 is 0 Å². The lowest BCUT2D eigenvalue weighted by Gasteiger charge is -2.17. The molecule has 1 unspecified atom stereocenters. The van der Waals surface area contributed by atoms with Crippen molar-refractivity contribution in [2.45, 2.75) is 25.0 Å². The van der Waals surface area contributed by atoms with E-state index in [0.717, 1.165) is 6.54 Å². The Morgan fingerprint density at radius 3 is 2.47 bits per heavy atom. The first-order chi connectivity index (χ1) is 8.36. The fourth-order valence-electron chi connectivity index (χ4n) is 1.46. The maximum atomic E-state index is 5.69. The smallest absolute Gasteiger partial charge is 0.0933 e. The number of hydrogen-bond donors (Lipinski definition) is 1. The molecule has 0 aromatic carbocycles. The van der Waals surface area contributed by atoms with Gasteiger partial charge in [0, 0.05) is 26.8 Å². The molecule has 5 nitrogen and oxygen atoms in total. The topological polar surface area (TPSA) is 49.0 Å². The van der Waals surface area contributed by atoms with E-state index < -0.39 is 0 Å². The number of hydrogen-bond acceptors (Lipinski definition) is 5. The molecule has 0 radical (unpaired) electrons. The Hall–Kier alpha value is -0.200. The first-order valence-electron chi connectivity index (χ1n) is 6.27. The summed E-state index contributed by atoms with van der Waals surface area (Å²) in [6, 6.07) is 0.705. The van der Waals surface area contributed by atoms with Gasteiger partial charge in [0.2, 0.25) is 0 Å². The zero-order valence-corrected chi connectivity index (χ0v) is 10.9. The van der Waals surface area contributed by atoms with Gasteiger partial charge in [-0.2, -0.15) is 0 Å². The van der Waals surface area contributed by atoms with Crippen LogP contribution in [-0.2, 0) is 18.9 Å². The summed E-state index contributed by atoms with van der Waals surface area (Å²) in [6.45, 7) is 3.94. The molecule has 1 saturated carbocycles. The summed E-state index contributed by atoms with van der Waals surface area (Å²) in [7, 11) is 3.36. The standard InChI is InChI=1S/C12H25NO4/c1-14-5-6-16-7-8-17-12(10-15-2)9-13-11-3-4-11/h11-13H,3-10H2,1-2H3. The molecule has 0 amide bonds. The fourth-order valence-corrected chi connectivity index (χ4v) is 1.46. The van der Waals surface area contributed by atoms with Crippen LogP contribution in [0, 0.1) is 0 Å². The van der Waals surface area contributed by atoms with Gasteiger partial charge < -0.3 is 24.3 Å². The normalized spacial score (nSPS) is 17.3. The third-order valence-electron chi connectivity index (χ3n) is 2.58. The molecule has 0 aromatic heterocycles. The summed E-state index contributed by atoms with van der Waals surface area (Å²) in [5.41, 5.74) is 0. The Bertz CT molecular complexity index is 176. The predicted octanol–water partition coefficient (Wildman–Crippen LogP) is 0.433. The molecule has 0 saturated heterocycles. The highest BCUT2D eigenvalue weighted by molar-refractivity contribution is 4.82. The SMILES string of the molecule is COCCOCCOC(CNC1CC1)COC. The highest BCUT2D eigenvalue weighted by Crippen LogP contribution is 2.18. The van der Waals surface area contributed by atoms with Crippen LogP contribution in [0.1, 0.15) is 12.8 Å². The fraction of sp³-hybridized carbons (Fsp3) is 1.00. The highest BCUT2D eigenvalue weighted by atomic mass is 16.6. The van der Waals surface area contributed by atoms with Gasteiger partial charge in [0.25, 0.3) is 0 Å². The van der Waals surface area contributed by atoms with E-state index in [9.17, 15) is 0 Å². The van der Waals surface area contributed by atoms with E-state index in [1.807, 2.05) is 0 Å². The molecule has 102 valence electrons. The van der Waals surface area contributed by atoms with Gasteiger partial charge in [0.15, 0.2) is 0 Å². The molecule has 1 aliphatic rings.